The number of benzene rings is 1. The molecule has 29 heavy (non-hydrogen) atoms. The van der Waals surface area contributed by atoms with E-state index in [0.717, 1.165) is 28.0 Å². The molecule has 3 rings (SSSR count). The molecular weight excluding hydrogens is 404 g/mol. The highest BCUT2D eigenvalue weighted by Gasteiger charge is 2.15. The molecule has 0 unspecified atom stereocenters. The van der Waals surface area contributed by atoms with Crippen LogP contribution >= 0.6 is 23.5 Å². The maximum Gasteiger partial charge on any atom is 0.316 e. The number of para-hydroxylation sites is 2. The van der Waals surface area contributed by atoms with E-state index in [9.17, 15) is 10.1 Å². The summed E-state index contributed by atoms with van der Waals surface area (Å²) in [6, 6.07) is 11.8. The maximum atomic E-state index is 11.8. The molecule has 0 saturated carbocycles. The predicted octanol–water partition coefficient (Wildman–Crippen LogP) is 4.46. The zero-order chi connectivity index (χ0) is 20.8. The highest BCUT2D eigenvalue weighted by Crippen LogP contribution is 2.30. The van der Waals surface area contributed by atoms with E-state index in [1.165, 1.54) is 23.5 Å². The monoisotopic (exact) mass is 424 g/mol. The van der Waals surface area contributed by atoms with Crippen LogP contribution in [-0.2, 0) is 15.3 Å². The summed E-state index contributed by atoms with van der Waals surface area (Å²) in [6.45, 7) is 5.95. The van der Waals surface area contributed by atoms with Gasteiger partial charge in [-0.3, -0.25) is 4.79 Å². The van der Waals surface area contributed by atoms with E-state index in [1.54, 1.807) is 6.92 Å². The molecule has 2 aromatic heterocycles. The topological polar surface area (TPSA) is 88.8 Å². The molecular formula is C21H20N4O2S2. The van der Waals surface area contributed by atoms with Crippen molar-refractivity contribution in [3.63, 3.8) is 0 Å². The summed E-state index contributed by atoms with van der Waals surface area (Å²) in [6.07, 6.45) is 0. The number of thioether (sulfide) groups is 2. The Kier molecular flexibility index (Phi) is 7.07. The Morgan fingerprint density at radius 1 is 1.10 bits per heavy atom. The Bertz CT molecular complexity index is 1100. The fourth-order valence-electron chi connectivity index (χ4n) is 2.74. The zero-order valence-electron chi connectivity index (χ0n) is 16.4. The molecule has 0 aliphatic carbocycles. The summed E-state index contributed by atoms with van der Waals surface area (Å²) in [5.41, 5.74) is 4.67. The molecule has 0 spiro atoms. The molecule has 6 nitrogen and oxygen atoms in total. The minimum Gasteiger partial charge on any atom is -0.465 e. The third-order valence-electron chi connectivity index (χ3n) is 4.01. The van der Waals surface area contributed by atoms with Crippen LogP contribution in [0.25, 0.3) is 11.0 Å². The third kappa shape index (κ3) is 5.25. The van der Waals surface area contributed by atoms with Crippen molar-refractivity contribution in [3.05, 3.63) is 52.8 Å². The van der Waals surface area contributed by atoms with Crippen molar-refractivity contribution in [2.24, 2.45) is 0 Å². The quantitative estimate of drug-likeness (QED) is 0.406. The summed E-state index contributed by atoms with van der Waals surface area (Å²) < 4.78 is 5.02. The first-order chi connectivity index (χ1) is 14.0. The van der Waals surface area contributed by atoms with Crippen LogP contribution in [0, 0.1) is 25.2 Å². The zero-order valence-corrected chi connectivity index (χ0v) is 18.1. The number of fused-ring (bicyclic) bond motifs is 1. The number of nitriles is 1. The Balaban J connectivity index is 1.90. The average Bonchev–Trinajstić information content (AvgIpc) is 2.70. The first kappa shape index (κ1) is 21.1. The van der Waals surface area contributed by atoms with Crippen molar-refractivity contribution >= 4 is 40.5 Å². The van der Waals surface area contributed by atoms with Gasteiger partial charge in [-0.2, -0.15) is 5.26 Å². The first-order valence-corrected chi connectivity index (χ1v) is 11.0. The Morgan fingerprint density at radius 3 is 2.52 bits per heavy atom. The molecule has 0 aliphatic heterocycles. The van der Waals surface area contributed by atoms with Crippen LogP contribution in [0.3, 0.4) is 0 Å². The van der Waals surface area contributed by atoms with Crippen LogP contribution in [0.4, 0.5) is 0 Å². The van der Waals surface area contributed by atoms with Crippen molar-refractivity contribution in [1.29, 1.82) is 5.26 Å². The molecule has 1 aromatic carbocycles. The second-order valence-corrected chi connectivity index (χ2v) is 8.15. The predicted molar refractivity (Wildman–Crippen MR) is 115 cm³/mol. The summed E-state index contributed by atoms with van der Waals surface area (Å²) in [4.78, 5) is 25.7. The lowest BCUT2D eigenvalue weighted by atomic mass is 10.1. The Labute approximate surface area is 178 Å². The molecule has 0 saturated heterocycles. The van der Waals surface area contributed by atoms with Crippen LogP contribution in [-0.4, -0.2) is 33.3 Å². The molecule has 0 bridgehead atoms. The second-order valence-electron chi connectivity index (χ2n) is 6.22. The van der Waals surface area contributed by atoms with Crippen LogP contribution in [0.2, 0.25) is 0 Å². The number of esters is 1. The number of nitrogens with zero attached hydrogens (tertiary/aromatic N) is 4. The largest absolute Gasteiger partial charge is 0.465 e. The number of carbonyl (C=O) groups excluding carboxylic acids is 1. The van der Waals surface area contributed by atoms with Gasteiger partial charge in [0, 0.05) is 11.4 Å². The molecule has 0 radical (unpaired) electrons. The highest BCUT2D eigenvalue weighted by molar-refractivity contribution is 8.00. The number of aromatic nitrogens is 3. The van der Waals surface area contributed by atoms with Gasteiger partial charge in [0.15, 0.2) is 0 Å². The van der Waals surface area contributed by atoms with Crippen molar-refractivity contribution in [2.45, 2.75) is 36.6 Å². The molecule has 0 aliphatic rings. The Morgan fingerprint density at radius 2 is 1.83 bits per heavy atom. The molecule has 0 N–H and O–H groups in total. The van der Waals surface area contributed by atoms with Crippen molar-refractivity contribution in [2.75, 3.05) is 12.4 Å². The molecule has 8 heteroatoms. The van der Waals surface area contributed by atoms with Gasteiger partial charge in [0.2, 0.25) is 0 Å². The lowest BCUT2D eigenvalue weighted by molar-refractivity contribution is -0.139. The minimum absolute atomic E-state index is 0.170. The van der Waals surface area contributed by atoms with E-state index in [0.29, 0.717) is 28.0 Å². The van der Waals surface area contributed by atoms with Gasteiger partial charge in [0.05, 0.1) is 34.7 Å². The number of aryl methyl sites for hydroxylation is 2. The summed E-state index contributed by atoms with van der Waals surface area (Å²) >= 11 is 2.77. The van der Waals surface area contributed by atoms with Gasteiger partial charge in [0.25, 0.3) is 0 Å². The molecule has 0 fully saturated rings. The van der Waals surface area contributed by atoms with Gasteiger partial charge in [-0.05, 0) is 44.5 Å². The van der Waals surface area contributed by atoms with E-state index < -0.39 is 0 Å². The second kappa shape index (κ2) is 9.72. The van der Waals surface area contributed by atoms with Crippen LogP contribution in [0.15, 0.2) is 40.4 Å². The third-order valence-corrected chi connectivity index (χ3v) is 5.97. The Hall–Kier alpha value is -2.63. The van der Waals surface area contributed by atoms with Crippen LogP contribution in [0.1, 0.15) is 29.4 Å². The maximum absolute atomic E-state index is 11.8. The molecule has 3 aromatic rings. The molecule has 0 atom stereocenters. The van der Waals surface area contributed by atoms with Crippen LogP contribution in [0.5, 0.6) is 0 Å². The van der Waals surface area contributed by atoms with E-state index >= 15 is 0 Å². The smallest absolute Gasteiger partial charge is 0.316 e. The fraction of sp³-hybridized carbons (Fsp3) is 0.286. The summed E-state index contributed by atoms with van der Waals surface area (Å²) in [5, 5.41) is 10.9. The van der Waals surface area contributed by atoms with Gasteiger partial charge in [-0.1, -0.05) is 35.7 Å². The van der Waals surface area contributed by atoms with E-state index in [1.807, 2.05) is 44.2 Å². The fourth-order valence-corrected chi connectivity index (χ4v) is 4.65. The van der Waals surface area contributed by atoms with E-state index in [4.69, 9.17) is 14.7 Å². The van der Waals surface area contributed by atoms with Crippen molar-refractivity contribution < 1.29 is 9.53 Å². The number of hydrogen-bond donors (Lipinski definition) is 0. The SMILES string of the molecule is CCOC(=O)CSc1nc2ccccc2nc1CSc1nc(C)cc(C)c1C#N. The number of rotatable bonds is 7. The standard InChI is InChI=1S/C21H20N4O2S2/c1-4-27-19(26)12-29-21-18(24-16-7-5-6-8-17(16)25-21)11-28-20-15(10-22)13(2)9-14(3)23-20/h5-9H,4,11-12H2,1-3H3. The van der Waals surface area contributed by atoms with Crippen molar-refractivity contribution in [3.8, 4) is 6.07 Å². The molecule has 0 amide bonds. The van der Waals surface area contributed by atoms with Crippen LogP contribution < -0.4 is 0 Å². The summed E-state index contributed by atoms with van der Waals surface area (Å²) in [7, 11) is 0. The number of hydrogen-bond acceptors (Lipinski definition) is 8. The van der Waals surface area contributed by atoms with Gasteiger partial charge in [-0.25, -0.2) is 15.0 Å². The lowest BCUT2D eigenvalue weighted by Crippen LogP contribution is -2.07. The van der Waals surface area contributed by atoms with Gasteiger partial charge in [0.1, 0.15) is 16.1 Å². The number of carbonyl (C=O) groups is 1. The van der Waals surface area contributed by atoms with E-state index in [-0.39, 0.29) is 11.7 Å². The number of ether oxygens (including phenoxy) is 1. The number of pyridine rings is 1. The van der Waals surface area contributed by atoms with Crippen molar-refractivity contribution in [1.82, 2.24) is 15.0 Å². The molecule has 148 valence electrons. The first-order valence-electron chi connectivity index (χ1n) is 9.07. The van der Waals surface area contributed by atoms with Gasteiger partial charge >= 0.3 is 5.97 Å². The van der Waals surface area contributed by atoms with Gasteiger partial charge < -0.3 is 4.74 Å². The van der Waals surface area contributed by atoms with E-state index in [2.05, 4.69) is 11.1 Å². The summed E-state index contributed by atoms with van der Waals surface area (Å²) in [5.74, 6) is 0.381. The highest BCUT2D eigenvalue weighted by atomic mass is 32.2. The minimum atomic E-state index is -0.284. The van der Waals surface area contributed by atoms with Gasteiger partial charge in [-0.15, -0.1) is 0 Å². The normalized spacial score (nSPS) is 10.7. The lowest BCUT2D eigenvalue weighted by Gasteiger charge is -2.11. The molecule has 2 heterocycles. The average molecular weight is 425 g/mol.